The van der Waals surface area contributed by atoms with Crippen molar-refractivity contribution in [3.8, 4) is 11.8 Å². The van der Waals surface area contributed by atoms with Gasteiger partial charge in [0.1, 0.15) is 6.26 Å². The lowest BCUT2D eigenvalue weighted by Gasteiger charge is -2.02. The maximum atomic E-state index is 5.45. The highest BCUT2D eigenvalue weighted by Crippen LogP contribution is 2.20. The SMILES string of the molecule is CNCc1coc(Oc2cnn(C(C)C)c2)n1. The summed E-state index contributed by atoms with van der Waals surface area (Å²) in [6.45, 7) is 4.75. The fourth-order valence-corrected chi connectivity index (χ4v) is 1.35. The number of nitrogens with zero attached hydrogens (tertiary/aromatic N) is 3. The van der Waals surface area contributed by atoms with Crippen molar-refractivity contribution in [3.63, 3.8) is 0 Å². The number of rotatable bonds is 5. The van der Waals surface area contributed by atoms with E-state index in [0.717, 1.165) is 5.69 Å². The van der Waals surface area contributed by atoms with Crippen LogP contribution in [-0.2, 0) is 6.54 Å². The van der Waals surface area contributed by atoms with Gasteiger partial charge in [-0.05, 0) is 20.9 Å². The molecular weight excluding hydrogens is 220 g/mol. The van der Waals surface area contributed by atoms with Gasteiger partial charge in [0, 0.05) is 12.6 Å². The summed E-state index contributed by atoms with van der Waals surface area (Å²) in [5, 5.41) is 7.15. The number of hydrogen-bond donors (Lipinski definition) is 1. The molecule has 6 heteroatoms. The molecule has 0 radical (unpaired) electrons. The molecule has 1 N–H and O–H groups in total. The number of oxazole rings is 1. The molecule has 17 heavy (non-hydrogen) atoms. The fraction of sp³-hybridized carbons (Fsp3) is 0.455. The van der Waals surface area contributed by atoms with Crippen LogP contribution in [0.25, 0.3) is 0 Å². The minimum Gasteiger partial charge on any atom is -0.417 e. The Morgan fingerprint density at radius 2 is 2.35 bits per heavy atom. The molecule has 0 amide bonds. The van der Waals surface area contributed by atoms with Gasteiger partial charge in [-0.25, -0.2) is 0 Å². The summed E-state index contributed by atoms with van der Waals surface area (Å²) in [6, 6.07) is 0.303. The van der Waals surface area contributed by atoms with Crippen LogP contribution in [0.5, 0.6) is 11.8 Å². The van der Waals surface area contributed by atoms with Gasteiger partial charge in [-0.3, -0.25) is 4.68 Å². The second kappa shape index (κ2) is 5.01. The van der Waals surface area contributed by atoms with Crippen molar-refractivity contribution in [2.24, 2.45) is 0 Å². The predicted octanol–water partition coefficient (Wildman–Crippen LogP) is 1.96. The number of nitrogens with one attached hydrogen (secondary N) is 1. The van der Waals surface area contributed by atoms with Gasteiger partial charge in [-0.1, -0.05) is 0 Å². The van der Waals surface area contributed by atoms with E-state index >= 15 is 0 Å². The molecule has 2 rings (SSSR count). The van der Waals surface area contributed by atoms with Crippen LogP contribution in [0.4, 0.5) is 0 Å². The normalized spacial score (nSPS) is 11.1. The van der Waals surface area contributed by atoms with Gasteiger partial charge in [-0.2, -0.15) is 10.1 Å². The first-order valence-electron chi connectivity index (χ1n) is 5.50. The van der Waals surface area contributed by atoms with Crippen LogP contribution in [0.3, 0.4) is 0 Å². The molecular formula is C11H16N4O2. The topological polar surface area (TPSA) is 65.1 Å². The third kappa shape index (κ3) is 2.85. The second-order valence-corrected chi connectivity index (χ2v) is 3.99. The summed E-state index contributed by atoms with van der Waals surface area (Å²) in [7, 11) is 1.85. The van der Waals surface area contributed by atoms with Crippen LogP contribution >= 0.6 is 0 Å². The average Bonchev–Trinajstić information content (AvgIpc) is 2.89. The van der Waals surface area contributed by atoms with Gasteiger partial charge in [0.05, 0.1) is 18.1 Å². The second-order valence-electron chi connectivity index (χ2n) is 3.99. The first-order valence-corrected chi connectivity index (χ1v) is 5.50. The van der Waals surface area contributed by atoms with Crippen molar-refractivity contribution in [1.29, 1.82) is 0 Å². The summed E-state index contributed by atoms with van der Waals surface area (Å²) in [4.78, 5) is 4.16. The third-order valence-corrected chi connectivity index (χ3v) is 2.20. The van der Waals surface area contributed by atoms with E-state index in [1.165, 1.54) is 0 Å². The van der Waals surface area contributed by atoms with E-state index in [1.807, 2.05) is 31.8 Å². The molecule has 2 aromatic rings. The molecule has 0 unspecified atom stereocenters. The van der Waals surface area contributed by atoms with Crippen LogP contribution in [-0.4, -0.2) is 21.8 Å². The Bertz CT molecular complexity index is 475. The zero-order valence-corrected chi connectivity index (χ0v) is 10.2. The van der Waals surface area contributed by atoms with Gasteiger partial charge in [0.2, 0.25) is 0 Å². The summed E-state index contributed by atoms with van der Waals surface area (Å²) < 4.78 is 12.4. The third-order valence-electron chi connectivity index (χ3n) is 2.20. The first-order chi connectivity index (χ1) is 8.19. The van der Waals surface area contributed by atoms with Crippen molar-refractivity contribution in [2.45, 2.75) is 26.4 Å². The quantitative estimate of drug-likeness (QED) is 0.859. The summed E-state index contributed by atoms with van der Waals surface area (Å²) in [6.07, 6.45) is 5.26. The Hall–Kier alpha value is -1.82. The van der Waals surface area contributed by atoms with Crippen LogP contribution in [0.1, 0.15) is 25.6 Å². The van der Waals surface area contributed by atoms with Crippen LogP contribution in [0.15, 0.2) is 23.1 Å². The lowest BCUT2D eigenvalue weighted by Crippen LogP contribution is -2.04. The molecule has 0 atom stereocenters. The Labute approximate surface area is 99.6 Å². The van der Waals surface area contributed by atoms with E-state index in [2.05, 4.69) is 15.4 Å². The first kappa shape index (κ1) is 11.7. The molecule has 0 aliphatic heterocycles. The molecule has 0 saturated heterocycles. The number of aromatic nitrogens is 3. The highest BCUT2D eigenvalue weighted by molar-refractivity contribution is 5.16. The van der Waals surface area contributed by atoms with E-state index in [0.29, 0.717) is 18.3 Å². The van der Waals surface area contributed by atoms with Gasteiger partial charge < -0.3 is 14.5 Å². The molecule has 0 spiro atoms. The molecule has 6 nitrogen and oxygen atoms in total. The number of ether oxygens (including phenoxy) is 1. The summed E-state index contributed by atoms with van der Waals surface area (Å²) in [5.74, 6) is 0.622. The maximum absolute atomic E-state index is 5.45. The van der Waals surface area contributed by atoms with Crippen molar-refractivity contribution in [1.82, 2.24) is 20.1 Å². The highest BCUT2D eigenvalue weighted by atomic mass is 16.6. The summed E-state index contributed by atoms with van der Waals surface area (Å²) >= 11 is 0. The molecule has 2 aromatic heterocycles. The van der Waals surface area contributed by atoms with Crippen molar-refractivity contribution < 1.29 is 9.15 Å². The van der Waals surface area contributed by atoms with Gasteiger partial charge in [0.25, 0.3) is 0 Å². The lowest BCUT2D eigenvalue weighted by atomic mass is 10.4. The van der Waals surface area contributed by atoms with E-state index in [9.17, 15) is 0 Å². The minimum absolute atomic E-state index is 0.235. The molecule has 0 aliphatic carbocycles. The molecule has 0 fully saturated rings. The Kier molecular flexibility index (Phi) is 3.43. The largest absolute Gasteiger partial charge is 0.417 e. The maximum Gasteiger partial charge on any atom is 0.399 e. The van der Waals surface area contributed by atoms with Crippen molar-refractivity contribution in [2.75, 3.05) is 7.05 Å². The zero-order chi connectivity index (χ0) is 12.3. The zero-order valence-electron chi connectivity index (χ0n) is 10.2. The minimum atomic E-state index is 0.235. The van der Waals surface area contributed by atoms with E-state index in [-0.39, 0.29) is 6.08 Å². The van der Waals surface area contributed by atoms with Crippen LogP contribution < -0.4 is 10.1 Å². The molecule has 0 aliphatic rings. The smallest absolute Gasteiger partial charge is 0.399 e. The van der Waals surface area contributed by atoms with Crippen LogP contribution in [0, 0.1) is 0 Å². The molecule has 92 valence electrons. The van der Waals surface area contributed by atoms with Gasteiger partial charge >= 0.3 is 6.08 Å². The standard InChI is InChI=1S/C11H16N4O2/c1-8(2)15-6-10(5-13-15)17-11-14-9(4-12-3)7-16-11/h5-8,12H,4H2,1-3H3. The molecule has 0 bridgehead atoms. The average molecular weight is 236 g/mol. The fourth-order valence-electron chi connectivity index (χ4n) is 1.35. The number of hydrogen-bond acceptors (Lipinski definition) is 5. The van der Waals surface area contributed by atoms with E-state index in [1.54, 1.807) is 12.5 Å². The van der Waals surface area contributed by atoms with Gasteiger partial charge in [-0.15, -0.1) is 0 Å². The van der Waals surface area contributed by atoms with E-state index in [4.69, 9.17) is 9.15 Å². The lowest BCUT2D eigenvalue weighted by molar-refractivity contribution is 0.330. The molecule has 0 saturated carbocycles. The molecule has 0 aromatic carbocycles. The highest BCUT2D eigenvalue weighted by Gasteiger charge is 2.08. The van der Waals surface area contributed by atoms with Crippen LogP contribution in [0.2, 0.25) is 0 Å². The van der Waals surface area contributed by atoms with Gasteiger partial charge in [0.15, 0.2) is 5.75 Å². The Balaban J connectivity index is 2.03. The van der Waals surface area contributed by atoms with Crippen molar-refractivity contribution in [3.05, 3.63) is 24.4 Å². The Morgan fingerprint density at radius 1 is 1.53 bits per heavy atom. The molecule has 2 heterocycles. The summed E-state index contributed by atoms with van der Waals surface area (Å²) in [5.41, 5.74) is 0.804. The predicted molar refractivity (Wildman–Crippen MR) is 62.0 cm³/mol. The van der Waals surface area contributed by atoms with E-state index < -0.39 is 0 Å². The Morgan fingerprint density at radius 3 is 3.00 bits per heavy atom. The monoisotopic (exact) mass is 236 g/mol. The van der Waals surface area contributed by atoms with Crippen molar-refractivity contribution >= 4 is 0 Å².